The van der Waals surface area contributed by atoms with Crippen molar-refractivity contribution in [3.8, 4) is 0 Å². The molecular weight excluding hydrogens is 269 g/mol. The molecule has 4 nitrogen and oxygen atoms in total. The first kappa shape index (κ1) is 13.3. The summed E-state index contributed by atoms with van der Waals surface area (Å²) >= 11 is 5.99. The predicted molar refractivity (Wildman–Crippen MR) is 72.7 cm³/mol. The third kappa shape index (κ3) is 2.82. The molecule has 2 rings (SSSR count). The summed E-state index contributed by atoms with van der Waals surface area (Å²) in [5.74, 6) is -1.79. The minimum Gasteiger partial charge on any atom is -0.381 e. The van der Waals surface area contributed by atoms with Gasteiger partial charge >= 0.3 is 0 Å². The third-order valence-electron chi connectivity index (χ3n) is 2.53. The van der Waals surface area contributed by atoms with E-state index in [-0.39, 0.29) is 11.4 Å². The molecule has 1 aromatic heterocycles. The number of pyridine rings is 1. The number of aromatic nitrogens is 1. The second-order valence-electron chi connectivity index (χ2n) is 4.00. The van der Waals surface area contributed by atoms with Gasteiger partial charge in [0.1, 0.15) is 0 Å². The average Bonchev–Trinajstić information content (AvgIpc) is 2.36. The summed E-state index contributed by atoms with van der Waals surface area (Å²) in [6.07, 6.45) is 1.27. The van der Waals surface area contributed by atoms with E-state index in [0.717, 1.165) is 5.56 Å². The molecule has 0 fully saturated rings. The van der Waals surface area contributed by atoms with Crippen LogP contribution >= 0.6 is 11.6 Å². The standard InChI is InChI=1S/C13H11ClFN3O/c1-7-2-3-10(9(14)6-7)18-13(19)8-4-5-17-12(16)11(8)15/h2-6H,1H3,(H2,16,17)(H,18,19). The third-order valence-corrected chi connectivity index (χ3v) is 2.85. The van der Waals surface area contributed by atoms with Crippen LogP contribution in [0.2, 0.25) is 5.02 Å². The molecule has 0 bridgehead atoms. The van der Waals surface area contributed by atoms with E-state index in [4.69, 9.17) is 17.3 Å². The molecule has 0 saturated carbocycles. The van der Waals surface area contributed by atoms with Gasteiger partial charge in [0.05, 0.1) is 16.3 Å². The number of hydrogen-bond acceptors (Lipinski definition) is 3. The van der Waals surface area contributed by atoms with Crippen LogP contribution in [0.25, 0.3) is 0 Å². The first-order valence-corrected chi connectivity index (χ1v) is 5.84. The Morgan fingerprint density at radius 1 is 1.42 bits per heavy atom. The Morgan fingerprint density at radius 2 is 2.16 bits per heavy atom. The van der Waals surface area contributed by atoms with Crippen molar-refractivity contribution in [3.05, 3.63) is 52.4 Å². The molecule has 3 N–H and O–H groups in total. The molecule has 19 heavy (non-hydrogen) atoms. The first-order valence-electron chi connectivity index (χ1n) is 5.46. The van der Waals surface area contributed by atoms with Gasteiger partial charge in [0.2, 0.25) is 0 Å². The number of halogens is 2. The molecule has 0 saturated heterocycles. The number of hydrogen-bond donors (Lipinski definition) is 2. The van der Waals surface area contributed by atoms with E-state index in [0.29, 0.717) is 10.7 Å². The Balaban J connectivity index is 2.28. The Morgan fingerprint density at radius 3 is 2.84 bits per heavy atom. The summed E-state index contributed by atoms with van der Waals surface area (Å²) in [7, 11) is 0. The number of carbonyl (C=O) groups is 1. The molecule has 0 spiro atoms. The van der Waals surface area contributed by atoms with Crippen LogP contribution in [-0.4, -0.2) is 10.9 Å². The zero-order chi connectivity index (χ0) is 14.0. The molecule has 0 aliphatic rings. The normalized spacial score (nSPS) is 10.3. The van der Waals surface area contributed by atoms with E-state index in [1.54, 1.807) is 18.2 Å². The highest BCUT2D eigenvalue weighted by molar-refractivity contribution is 6.34. The van der Waals surface area contributed by atoms with Gasteiger partial charge in [-0.3, -0.25) is 4.79 Å². The van der Waals surface area contributed by atoms with Crippen LogP contribution in [0, 0.1) is 12.7 Å². The highest BCUT2D eigenvalue weighted by Gasteiger charge is 2.15. The summed E-state index contributed by atoms with van der Waals surface area (Å²) in [6, 6.07) is 6.40. The van der Waals surface area contributed by atoms with Crippen molar-refractivity contribution < 1.29 is 9.18 Å². The second-order valence-corrected chi connectivity index (χ2v) is 4.40. The average molecular weight is 280 g/mol. The van der Waals surface area contributed by atoms with Crippen LogP contribution in [-0.2, 0) is 0 Å². The molecule has 0 aliphatic heterocycles. The predicted octanol–water partition coefficient (Wildman–Crippen LogP) is 3.02. The van der Waals surface area contributed by atoms with Crippen LogP contribution in [0.3, 0.4) is 0 Å². The minimum absolute atomic E-state index is 0.177. The van der Waals surface area contributed by atoms with E-state index in [9.17, 15) is 9.18 Å². The summed E-state index contributed by atoms with van der Waals surface area (Å²) in [5, 5.41) is 2.91. The molecule has 0 radical (unpaired) electrons. The number of nitrogens with two attached hydrogens (primary N) is 1. The maximum Gasteiger partial charge on any atom is 0.258 e. The van der Waals surface area contributed by atoms with E-state index in [2.05, 4.69) is 10.3 Å². The largest absolute Gasteiger partial charge is 0.381 e. The van der Waals surface area contributed by atoms with E-state index in [1.807, 2.05) is 6.92 Å². The number of amides is 1. The molecule has 1 heterocycles. The van der Waals surface area contributed by atoms with Crippen LogP contribution in [0.15, 0.2) is 30.5 Å². The Hall–Kier alpha value is -2.14. The SMILES string of the molecule is Cc1ccc(NC(=O)c2ccnc(N)c2F)c(Cl)c1. The quantitative estimate of drug-likeness (QED) is 0.888. The fourth-order valence-corrected chi connectivity index (χ4v) is 1.83. The summed E-state index contributed by atoms with van der Waals surface area (Å²) in [5.41, 5.74) is 6.50. The zero-order valence-corrected chi connectivity index (χ0v) is 10.8. The molecule has 0 atom stereocenters. The number of nitrogens with one attached hydrogen (secondary N) is 1. The van der Waals surface area contributed by atoms with Crippen LogP contribution in [0.5, 0.6) is 0 Å². The van der Waals surface area contributed by atoms with Gasteiger partial charge in [-0.1, -0.05) is 17.7 Å². The topological polar surface area (TPSA) is 68.0 Å². The first-order chi connectivity index (χ1) is 8.99. The Bertz CT molecular complexity index is 646. The van der Waals surface area contributed by atoms with Gasteiger partial charge in [-0.15, -0.1) is 0 Å². The van der Waals surface area contributed by atoms with E-state index >= 15 is 0 Å². The molecule has 1 amide bonds. The number of nitrogen functional groups attached to an aromatic ring is 1. The summed E-state index contributed by atoms with van der Waals surface area (Å²) < 4.78 is 13.6. The second kappa shape index (κ2) is 5.24. The van der Waals surface area contributed by atoms with Crippen molar-refractivity contribution in [2.24, 2.45) is 0 Å². The Labute approximate surface area is 114 Å². The van der Waals surface area contributed by atoms with Gasteiger partial charge in [0.25, 0.3) is 5.91 Å². The number of anilines is 2. The van der Waals surface area contributed by atoms with Gasteiger partial charge in [0, 0.05) is 6.20 Å². The zero-order valence-electron chi connectivity index (χ0n) is 10.1. The van der Waals surface area contributed by atoms with Crippen LogP contribution < -0.4 is 11.1 Å². The van der Waals surface area contributed by atoms with Crippen molar-refractivity contribution in [1.29, 1.82) is 0 Å². The van der Waals surface area contributed by atoms with Crippen LogP contribution in [0.1, 0.15) is 15.9 Å². The Kier molecular flexibility index (Phi) is 3.66. The lowest BCUT2D eigenvalue weighted by atomic mass is 10.2. The monoisotopic (exact) mass is 279 g/mol. The lowest BCUT2D eigenvalue weighted by Gasteiger charge is -2.09. The number of benzene rings is 1. The molecule has 2 aromatic rings. The molecular formula is C13H11ClFN3O. The van der Waals surface area contributed by atoms with Crippen LogP contribution in [0.4, 0.5) is 15.9 Å². The van der Waals surface area contributed by atoms with Gasteiger partial charge in [-0.2, -0.15) is 0 Å². The smallest absolute Gasteiger partial charge is 0.258 e. The van der Waals surface area contributed by atoms with Crippen molar-refractivity contribution in [2.75, 3.05) is 11.1 Å². The summed E-state index contributed by atoms with van der Waals surface area (Å²) in [6.45, 7) is 1.88. The van der Waals surface area contributed by atoms with Crippen molar-refractivity contribution in [3.63, 3.8) is 0 Å². The fraction of sp³-hybridized carbons (Fsp3) is 0.0769. The lowest BCUT2D eigenvalue weighted by Crippen LogP contribution is -2.15. The maximum atomic E-state index is 13.6. The molecule has 98 valence electrons. The molecule has 0 aliphatic carbocycles. The highest BCUT2D eigenvalue weighted by Crippen LogP contribution is 2.24. The number of carbonyl (C=O) groups excluding carboxylic acids is 1. The van der Waals surface area contributed by atoms with Gasteiger partial charge in [0.15, 0.2) is 11.6 Å². The molecule has 6 heteroatoms. The highest BCUT2D eigenvalue weighted by atomic mass is 35.5. The number of aryl methyl sites for hydroxylation is 1. The van der Waals surface area contributed by atoms with E-state index < -0.39 is 11.7 Å². The van der Waals surface area contributed by atoms with Gasteiger partial charge < -0.3 is 11.1 Å². The van der Waals surface area contributed by atoms with Crippen molar-refractivity contribution >= 4 is 29.0 Å². The van der Waals surface area contributed by atoms with E-state index in [1.165, 1.54) is 12.3 Å². The minimum atomic E-state index is -0.844. The van der Waals surface area contributed by atoms with Gasteiger partial charge in [-0.25, -0.2) is 9.37 Å². The molecule has 0 unspecified atom stereocenters. The fourth-order valence-electron chi connectivity index (χ4n) is 1.55. The molecule has 1 aromatic carbocycles. The van der Waals surface area contributed by atoms with Crippen molar-refractivity contribution in [1.82, 2.24) is 4.98 Å². The van der Waals surface area contributed by atoms with Crippen molar-refractivity contribution in [2.45, 2.75) is 6.92 Å². The summed E-state index contributed by atoms with van der Waals surface area (Å²) in [4.78, 5) is 15.5. The number of nitrogens with zero attached hydrogens (tertiary/aromatic N) is 1. The maximum absolute atomic E-state index is 13.6. The van der Waals surface area contributed by atoms with Gasteiger partial charge in [-0.05, 0) is 30.7 Å². The lowest BCUT2D eigenvalue weighted by molar-refractivity contribution is 0.102. The number of rotatable bonds is 2.